The summed E-state index contributed by atoms with van der Waals surface area (Å²) in [5, 5.41) is 12.7. The van der Waals surface area contributed by atoms with Crippen LogP contribution >= 0.6 is 23.4 Å². The van der Waals surface area contributed by atoms with E-state index < -0.39 is 0 Å². The average molecular weight is 384 g/mol. The number of benzene rings is 2. The molecule has 0 aliphatic heterocycles. The molecule has 1 amide bonds. The van der Waals surface area contributed by atoms with Gasteiger partial charge in [0.05, 0.1) is 11.4 Å². The Morgan fingerprint density at radius 3 is 2.38 bits per heavy atom. The van der Waals surface area contributed by atoms with E-state index >= 15 is 0 Å². The second-order valence-corrected chi connectivity index (χ2v) is 7.25. The van der Waals surface area contributed by atoms with Crippen molar-refractivity contribution in [3.05, 3.63) is 76.8 Å². The second-order valence-electron chi connectivity index (χ2n) is 5.81. The third-order valence-corrected chi connectivity index (χ3v) is 4.91. The molecule has 3 aromatic rings. The lowest BCUT2D eigenvalue weighted by atomic mass is 10.1. The number of hydrogen-bond donors (Lipinski definition) is 1. The van der Waals surface area contributed by atoms with Crippen molar-refractivity contribution in [2.45, 2.75) is 18.5 Å². The molecule has 2 aromatic carbocycles. The number of rotatable bonds is 6. The number of carbonyl (C=O) groups excluding carboxylic acids is 1. The van der Waals surface area contributed by atoms with Crippen molar-refractivity contribution in [1.29, 1.82) is 0 Å². The highest BCUT2D eigenvalue weighted by molar-refractivity contribution is 7.99. The van der Waals surface area contributed by atoms with E-state index in [0.29, 0.717) is 17.3 Å². The summed E-state index contributed by atoms with van der Waals surface area (Å²) in [5.74, 6) is 0.251. The second kappa shape index (κ2) is 8.83. The summed E-state index contributed by atoms with van der Waals surface area (Å²) in [6, 6.07) is 19.4. The molecule has 0 aliphatic carbocycles. The van der Waals surface area contributed by atoms with Gasteiger partial charge in [0.2, 0.25) is 5.91 Å². The SMILES string of the molecule is Cc1ccc(-c2ccc(SCC(=O)NCc3ccc(Cl)cc3)nn2)cc1. The van der Waals surface area contributed by atoms with Crippen LogP contribution in [0.1, 0.15) is 11.1 Å². The van der Waals surface area contributed by atoms with Crippen LogP contribution in [0.3, 0.4) is 0 Å². The number of hydrogen-bond acceptors (Lipinski definition) is 4. The van der Waals surface area contributed by atoms with Gasteiger partial charge in [-0.3, -0.25) is 4.79 Å². The van der Waals surface area contributed by atoms with Crippen LogP contribution in [0.25, 0.3) is 11.3 Å². The summed E-state index contributed by atoms with van der Waals surface area (Å²) in [6.07, 6.45) is 0. The first-order valence-electron chi connectivity index (χ1n) is 8.15. The molecule has 26 heavy (non-hydrogen) atoms. The van der Waals surface area contributed by atoms with Crippen LogP contribution in [0.4, 0.5) is 0 Å². The van der Waals surface area contributed by atoms with Gasteiger partial charge in [-0.15, -0.1) is 10.2 Å². The van der Waals surface area contributed by atoms with E-state index in [-0.39, 0.29) is 5.91 Å². The van der Waals surface area contributed by atoms with Crippen molar-refractivity contribution < 1.29 is 4.79 Å². The molecule has 0 unspecified atom stereocenters. The van der Waals surface area contributed by atoms with Crippen LogP contribution in [0.2, 0.25) is 5.02 Å². The topological polar surface area (TPSA) is 54.9 Å². The lowest BCUT2D eigenvalue weighted by Gasteiger charge is -2.06. The smallest absolute Gasteiger partial charge is 0.230 e. The first kappa shape index (κ1) is 18.4. The van der Waals surface area contributed by atoms with Crippen LogP contribution in [0, 0.1) is 6.92 Å². The van der Waals surface area contributed by atoms with Gasteiger partial charge in [-0.2, -0.15) is 0 Å². The zero-order chi connectivity index (χ0) is 18.4. The van der Waals surface area contributed by atoms with Gasteiger partial charge >= 0.3 is 0 Å². The fourth-order valence-corrected chi connectivity index (χ4v) is 3.04. The Morgan fingerprint density at radius 2 is 1.73 bits per heavy atom. The van der Waals surface area contributed by atoms with Crippen molar-refractivity contribution in [3.8, 4) is 11.3 Å². The Morgan fingerprint density at radius 1 is 1.00 bits per heavy atom. The molecule has 1 heterocycles. The Labute approximate surface area is 162 Å². The fraction of sp³-hybridized carbons (Fsp3) is 0.150. The van der Waals surface area contributed by atoms with Crippen LogP contribution in [-0.2, 0) is 11.3 Å². The van der Waals surface area contributed by atoms with Crippen molar-refractivity contribution in [2.75, 3.05) is 5.75 Å². The van der Waals surface area contributed by atoms with Gasteiger partial charge in [-0.1, -0.05) is 65.3 Å². The zero-order valence-electron chi connectivity index (χ0n) is 14.3. The van der Waals surface area contributed by atoms with E-state index in [9.17, 15) is 4.79 Å². The third kappa shape index (κ3) is 5.31. The molecule has 0 spiro atoms. The number of nitrogens with one attached hydrogen (secondary N) is 1. The lowest BCUT2D eigenvalue weighted by Crippen LogP contribution is -2.24. The first-order valence-corrected chi connectivity index (χ1v) is 9.51. The molecule has 0 bridgehead atoms. The Hall–Kier alpha value is -2.37. The summed E-state index contributed by atoms with van der Waals surface area (Å²) in [7, 11) is 0. The van der Waals surface area contributed by atoms with Gasteiger partial charge in [0.15, 0.2) is 0 Å². The zero-order valence-corrected chi connectivity index (χ0v) is 15.8. The molecular weight excluding hydrogens is 366 g/mol. The number of nitrogens with zero attached hydrogens (tertiary/aromatic N) is 2. The number of carbonyl (C=O) groups is 1. The maximum Gasteiger partial charge on any atom is 0.230 e. The lowest BCUT2D eigenvalue weighted by molar-refractivity contribution is -0.118. The summed E-state index contributed by atoms with van der Waals surface area (Å²) >= 11 is 7.21. The van der Waals surface area contributed by atoms with E-state index in [0.717, 1.165) is 21.8 Å². The minimum Gasteiger partial charge on any atom is -0.351 e. The summed E-state index contributed by atoms with van der Waals surface area (Å²) in [5.41, 5.74) is 4.07. The summed E-state index contributed by atoms with van der Waals surface area (Å²) < 4.78 is 0. The maximum atomic E-state index is 12.0. The molecule has 0 saturated carbocycles. The van der Waals surface area contributed by atoms with Crippen LogP contribution in [0.5, 0.6) is 0 Å². The predicted octanol–water partition coefficient (Wildman–Crippen LogP) is 4.51. The van der Waals surface area contributed by atoms with Crippen LogP contribution in [-0.4, -0.2) is 21.9 Å². The van der Waals surface area contributed by atoms with Gasteiger partial charge in [0.25, 0.3) is 0 Å². The number of amides is 1. The Balaban J connectivity index is 1.49. The Bertz CT molecular complexity index is 865. The largest absolute Gasteiger partial charge is 0.351 e. The highest BCUT2D eigenvalue weighted by atomic mass is 35.5. The molecule has 1 aromatic heterocycles. The quantitative estimate of drug-likeness (QED) is 0.636. The highest BCUT2D eigenvalue weighted by Gasteiger charge is 2.06. The predicted molar refractivity (Wildman–Crippen MR) is 106 cm³/mol. The molecule has 0 fully saturated rings. The number of thioether (sulfide) groups is 1. The Kier molecular flexibility index (Phi) is 6.26. The van der Waals surface area contributed by atoms with Crippen molar-refractivity contribution in [2.24, 2.45) is 0 Å². The maximum absolute atomic E-state index is 12.0. The molecule has 6 heteroatoms. The standard InChI is InChI=1S/C20H18ClN3OS/c1-14-2-6-16(7-3-14)18-10-11-20(24-23-18)26-13-19(25)22-12-15-4-8-17(21)9-5-15/h2-11H,12-13H2,1H3,(H,22,25). The molecule has 1 N–H and O–H groups in total. The molecule has 132 valence electrons. The van der Waals surface area contributed by atoms with Gasteiger partial charge in [0, 0.05) is 17.1 Å². The third-order valence-electron chi connectivity index (χ3n) is 3.74. The molecule has 3 rings (SSSR count). The van der Waals surface area contributed by atoms with Gasteiger partial charge in [-0.25, -0.2) is 0 Å². The minimum absolute atomic E-state index is 0.0469. The van der Waals surface area contributed by atoms with Crippen molar-refractivity contribution >= 4 is 29.3 Å². The molecule has 4 nitrogen and oxygen atoms in total. The van der Waals surface area contributed by atoms with Gasteiger partial charge in [-0.05, 0) is 36.8 Å². The average Bonchev–Trinajstić information content (AvgIpc) is 2.67. The van der Waals surface area contributed by atoms with Crippen LogP contribution in [0.15, 0.2) is 65.7 Å². The van der Waals surface area contributed by atoms with Gasteiger partial charge < -0.3 is 5.32 Å². The summed E-state index contributed by atoms with van der Waals surface area (Å²) in [6.45, 7) is 2.53. The first-order chi connectivity index (χ1) is 12.6. The van der Waals surface area contributed by atoms with Crippen molar-refractivity contribution in [1.82, 2.24) is 15.5 Å². The van der Waals surface area contributed by atoms with E-state index in [4.69, 9.17) is 11.6 Å². The van der Waals surface area contributed by atoms with Crippen LogP contribution < -0.4 is 5.32 Å². The van der Waals surface area contributed by atoms with E-state index in [1.54, 1.807) is 0 Å². The number of aromatic nitrogens is 2. The number of halogens is 1. The molecule has 0 aliphatic rings. The molecule has 0 atom stereocenters. The van der Waals surface area contributed by atoms with Crippen molar-refractivity contribution in [3.63, 3.8) is 0 Å². The summed E-state index contributed by atoms with van der Waals surface area (Å²) in [4.78, 5) is 12.0. The monoisotopic (exact) mass is 383 g/mol. The highest BCUT2D eigenvalue weighted by Crippen LogP contribution is 2.20. The van der Waals surface area contributed by atoms with E-state index in [1.165, 1.54) is 17.3 Å². The molecular formula is C20H18ClN3OS. The molecule has 0 saturated heterocycles. The minimum atomic E-state index is -0.0469. The molecule has 0 radical (unpaired) electrons. The van der Waals surface area contributed by atoms with E-state index in [1.807, 2.05) is 67.6 Å². The number of aryl methyl sites for hydroxylation is 1. The normalized spacial score (nSPS) is 10.5. The van der Waals surface area contributed by atoms with E-state index in [2.05, 4.69) is 15.5 Å². The van der Waals surface area contributed by atoms with Gasteiger partial charge in [0.1, 0.15) is 5.03 Å². The fourth-order valence-electron chi connectivity index (χ4n) is 2.27.